The van der Waals surface area contributed by atoms with Crippen LogP contribution in [0.5, 0.6) is 5.75 Å². The van der Waals surface area contributed by atoms with E-state index >= 15 is 0 Å². The molecule has 0 aliphatic heterocycles. The molecule has 1 aromatic carbocycles. The highest BCUT2D eigenvalue weighted by Gasteiger charge is 2.20. The molecular formula is C18H26N2O3. The lowest BCUT2D eigenvalue weighted by atomic mass is 10.00. The van der Waals surface area contributed by atoms with Crippen LogP contribution in [-0.4, -0.2) is 31.0 Å². The minimum atomic E-state index is -0.139. The number of hydrogen-bond donors (Lipinski definition) is 1. The smallest absolute Gasteiger partial charge is 0.151 e. The van der Waals surface area contributed by atoms with E-state index in [2.05, 4.69) is 31.2 Å². The number of ether oxygens (including phenoxy) is 2. The molecule has 0 bridgehead atoms. The molecule has 1 N–H and O–H groups in total. The highest BCUT2D eigenvalue weighted by molar-refractivity contribution is 5.60. The van der Waals surface area contributed by atoms with Crippen molar-refractivity contribution < 1.29 is 14.0 Å². The third-order valence-electron chi connectivity index (χ3n) is 3.90. The van der Waals surface area contributed by atoms with Crippen molar-refractivity contribution in [3.8, 4) is 17.0 Å². The van der Waals surface area contributed by atoms with Gasteiger partial charge in [0.1, 0.15) is 11.4 Å². The number of methoxy groups -OCH3 is 2. The van der Waals surface area contributed by atoms with Crippen molar-refractivity contribution in [2.75, 3.05) is 14.2 Å². The molecule has 0 saturated carbocycles. The second kappa shape index (κ2) is 7.62. The maximum absolute atomic E-state index is 5.46. The van der Waals surface area contributed by atoms with Crippen molar-refractivity contribution in [3.63, 3.8) is 0 Å². The molecule has 5 heteroatoms. The highest BCUT2D eigenvalue weighted by atomic mass is 16.5. The molecule has 0 aliphatic rings. The SMILES string of the molecule is COc1cccc(-c2cc(CN[C@@H](C)CC(C)(C)OC)on2)c1. The van der Waals surface area contributed by atoms with Crippen LogP contribution in [0.4, 0.5) is 0 Å². The Balaban J connectivity index is 1.94. The summed E-state index contributed by atoms with van der Waals surface area (Å²) in [5.74, 6) is 1.62. The van der Waals surface area contributed by atoms with Crippen LogP contribution in [0.3, 0.4) is 0 Å². The lowest BCUT2D eigenvalue weighted by Crippen LogP contribution is -2.35. The average molecular weight is 318 g/mol. The third kappa shape index (κ3) is 5.08. The summed E-state index contributed by atoms with van der Waals surface area (Å²) in [6, 6.07) is 10.0. The topological polar surface area (TPSA) is 56.5 Å². The van der Waals surface area contributed by atoms with Gasteiger partial charge in [0.2, 0.25) is 0 Å². The van der Waals surface area contributed by atoms with E-state index in [1.807, 2.05) is 30.3 Å². The minimum Gasteiger partial charge on any atom is -0.497 e. The molecule has 1 heterocycles. The molecule has 0 amide bonds. The van der Waals surface area contributed by atoms with Crippen LogP contribution in [-0.2, 0) is 11.3 Å². The average Bonchev–Trinajstić information content (AvgIpc) is 3.01. The van der Waals surface area contributed by atoms with Crippen LogP contribution in [0.2, 0.25) is 0 Å². The molecule has 0 aliphatic carbocycles. The number of rotatable bonds is 8. The van der Waals surface area contributed by atoms with Crippen LogP contribution < -0.4 is 10.1 Å². The standard InChI is InChI=1S/C18H26N2O3/c1-13(11-18(2,3)22-5)19-12-16-10-17(20-23-16)14-7-6-8-15(9-14)21-4/h6-10,13,19H,11-12H2,1-5H3/t13-/m0/s1. The van der Waals surface area contributed by atoms with Crippen LogP contribution in [0.25, 0.3) is 11.3 Å². The van der Waals surface area contributed by atoms with E-state index in [9.17, 15) is 0 Å². The van der Waals surface area contributed by atoms with Gasteiger partial charge in [0, 0.05) is 24.8 Å². The van der Waals surface area contributed by atoms with Crippen molar-refractivity contribution in [2.45, 2.75) is 45.4 Å². The first-order chi connectivity index (χ1) is 10.9. The third-order valence-corrected chi connectivity index (χ3v) is 3.90. The van der Waals surface area contributed by atoms with Crippen LogP contribution >= 0.6 is 0 Å². The van der Waals surface area contributed by atoms with Gasteiger partial charge in [0.15, 0.2) is 5.76 Å². The molecule has 23 heavy (non-hydrogen) atoms. The summed E-state index contributed by atoms with van der Waals surface area (Å²) in [6.07, 6.45) is 0.917. The van der Waals surface area contributed by atoms with Crippen LogP contribution in [0, 0.1) is 0 Å². The summed E-state index contributed by atoms with van der Waals surface area (Å²) in [5, 5.41) is 7.57. The zero-order chi connectivity index (χ0) is 16.9. The van der Waals surface area contributed by atoms with Crippen molar-refractivity contribution in [1.82, 2.24) is 10.5 Å². The Labute approximate surface area is 138 Å². The van der Waals surface area contributed by atoms with Gasteiger partial charge in [0.25, 0.3) is 0 Å². The van der Waals surface area contributed by atoms with Crippen molar-refractivity contribution in [2.24, 2.45) is 0 Å². The maximum Gasteiger partial charge on any atom is 0.151 e. The molecule has 126 valence electrons. The van der Waals surface area contributed by atoms with E-state index in [0.29, 0.717) is 12.6 Å². The summed E-state index contributed by atoms with van der Waals surface area (Å²) in [6.45, 7) is 6.94. The number of aromatic nitrogens is 1. The fourth-order valence-corrected chi connectivity index (χ4v) is 2.48. The predicted molar refractivity (Wildman–Crippen MR) is 90.5 cm³/mol. The monoisotopic (exact) mass is 318 g/mol. The van der Waals surface area contributed by atoms with Gasteiger partial charge in [-0.2, -0.15) is 0 Å². The molecule has 1 aromatic heterocycles. The van der Waals surface area contributed by atoms with Gasteiger partial charge < -0.3 is 19.3 Å². The van der Waals surface area contributed by atoms with Crippen molar-refractivity contribution >= 4 is 0 Å². The molecule has 1 atom stereocenters. The Bertz CT molecular complexity index is 622. The van der Waals surface area contributed by atoms with Gasteiger partial charge in [-0.05, 0) is 39.3 Å². The number of nitrogens with one attached hydrogen (secondary N) is 1. The Morgan fingerprint density at radius 3 is 2.74 bits per heavy atom. The molecular weight excluding hydrogens is 292 g/mol. The summed E-state index contributed by atoms with van der Waals surface area (Å²) in [4.78, 5) is 0. The predicted octanol–water partition coefficient (Wildman–Crippen LogP) is 3.64. The molecule has 5 nitrogen and oxygen atoms in total. The molecule has 2 aromatic rings. The van der Waals surface area contributed by atoms with E-state index in [1.165, 1.54) is 0 Å². The van der Waals surface area contributed by atoms with E-state index in [-0.39, 0.29) is 5.60 Å². The zero-order valence-electron chi connectivity index (χ0n) is 14.6. The quantitative estimate of drug-likeness (QED) is 0.805. The first kappa shape index (κ1) is 17.5. The molecule has 0 saturated heterocycles. The van der Waals surface area contributed by atoms with Gasteiger partial charge >= 0.3 is 0 Å². The summed E-state index contributed by atoms with van der Waals surface area (Å²) in [7, 11) is 3.39. The lowest BCUT2D eigenvalue weighted by Gasteiger charge is -2.26. The molecule has 2 rings (SSSR count). The van der Waals surface area contributed by atoms with E-state index in [4.69, 9.17) is 14.0 Å². The van der Waals surface area contributed by atoms with Gasteiger partial charge in [-0.15, -0.1) is 0 Å². The van der Waals surface area contributed by atoms with E-state index in [1.54, 1.807) is 14.2 Å². The molecule has 0 unspecified atom stereocenters. The van der Waals surface area contributed by atoms with Crippen LogP contribution in [0.1, 0.15) is 33.0 Å². The number of benzene rings is 1. The van der Waals surface area contributed by atoms with Crippen LogP contribution in [0.15, 0.2) is 34.9 Å². The van der Waals surface area contributed by atoms with E-state index in [0.717, 1.165) is 29.2 Å². The summed E-state index contributed by atoms with van der Waals surface area (Å²) < 4.78 is 16.1. The molecule has 0 radical (unpaired) electrons. The van der Waals surface area contributed by atoms with Crippen molar-refractivity contribution in [1.29, 1.82) is 0 Å². The summed E-state index contributed by atoms with van der Waals surface area (Å²) in [5.41, 5.74) is 1.65. The normalized spacial score (nSPS) is 13.1. The zero-order valence-corrected chi connectivity index (χ0v) is 14.6. The number of hydrogen-bond acceptors (Lipinski definition) is 5. The van der Waals surface area contributed by atoms with Gasteiger partial charge in [-0.25, -0.2) is 0 Å². The van der Waals surface area contributed by atoms with Gasteiger partial charge in [0.05, 0.1) is 19.3 Å². The fourth-order valence-electron chi connectivity index (χ4n) is 2.48. The first-order valence-electron chi connectivity index (χ1n) is 7.82. The van der Waals surface area contributed by atoms with E-state index < -0.39 is 0 Å². The maximum atomic E-state index is 5.46. The largest absolute Gasteiger partial charge is 0.497 e. The second-order valence-corrected chi connectivity index (χ2v) is 6.36. The lowest BCUT2D eigenvalue weighted by molar-refractivity contribution is 0.00828. The fraction of sp³-hybridized carbons (Fsp3) is 0.500. The van der Waals surface area contributed by atoms with Gasteiger partial charge in [-0.1, -0.05) is 17.3 Å². The highest BCUT2D eigenvalue weighted by Crippen LogP contribution is 2.23. The Hall–Kier alpha value is -1.85. The Morgan fingerprint density at radius 2 is 2.04 bits per heavy atom. The Kier molecular flexibility index (Phi) is 5.80. The second-order valence-electron chi connectivity index (χ2n) is 6.36. The minimum absolute atomic E-state index is 0.139. The molecule has 0 fully saturated rings. The Morgan fingerprint density at radius 1 is 1.26 bits per heavy atom. The van der Waals surface area contributed by atoms with Crippen molar-refractivity contribution in [3.05, 3.63) is 36.1 Å². The summed E-state index contributed by atoms with van der Waals surface area (Å²) >= 11 is 0. The first-order valence-corrected chi connectivity index (χ1v) is 7.82. The number of nitrogens with zero attached hydrogens (tertiary/aromatic N) is 1. The molecule has 0 spiro atoms. The van der Waals surface area contributed by atoms with Gasteiger partial charge in [-0.3, -0.25) is 0 Å².